The van der Waals surface area contributed by atoms with Crippen molar-refractivity contribution in [3.8, 4) is 0 Å². The van der Waals surface area contributed by atoms with E-state index in [0.717, 1.165) is 44.9 Å². The number of hydrogen-bond donors (Lipinski definition) is 0. The van der Waals surface area contributed by atoms with E-state index in [4.69, 9.17) is 0 Å². The van der Waals surface area contributed by atoms with Gasteiger partial charge in [-0.3, -0.25) is 6.08 Å². The SMILES string of the molecule is CC(C)C1=CC[C-]=C1[Si](c1cc(Cc2ccccc2)cc(Cc2ccccc2)c1)(c1cc(Cc2ccccc2)cc(Cc2ccccc2)c1)c1cc(Cc2ccccc2)cc(Cc2ccccc2)c1.Cl.Cl.Cl.[Ti]. The molecule has 9 aromatic carbocycles. The monoisotopic (exact) mass is 1060 g/mol. The molecule has 1 aliphatic rings. The molecular formula is C68H64Cl3SiTi-. The molecule has 0 unspecified atom stereocenters. The van der Waals surface area contributed by atoms with E-state index in [1.807, 2.05) is 0 Å². The standard InChI is InChI=1S/C68H61Si.3ClH.Ti/c1-51(2)67-34-21-35-68(67)69(64-45-58(36-52-22-9-3-10-23-52)42-59(46-64)37-53-24-11-4-12-25-53,65-47-60(38-54-26-13-5-14-27-54)43-61(48-65)39-55-28-15-6-16-29-55)66-49-62(40-56-30-17-7-18-31-56)44-63(50-66)41-57-32-19-8-20-33-57;;;;/h3-20,22-34,42-51H,21,36-41H2,1-2H3;3*1H;/q-1;;;;. The van der Waals surface area contributed by atoms with Crippen LogP contribution in [0.5, 0.6) is 0 Å². The fourth-order valence-corrected chi connectivity index (χ4v) is 16.3. The third-order valence-electron chi connectivity index (χ3n) is 13.8. The van der Waals surface area contributed by atoms with Gasteiger partial charge < -0.3 is 0 Å². The van der Waals surface area contributed by atoms with Crippen LogP contribution in [0.1, 0.15) is 87.0 Å². The first-order valence-electron chi connectivity index (χ1n) is 24.9. The Morgan fingerprint density at radius 3 is 0.753 bits per heavy atom. The zero-order valence-corrected chi connectivity index (χ0v) is 46.9. The van der Waals surface area contributed by atoms with E-state index in [1.165, 1.54) is 93.1 Å². The molecule has 0 nitrogen and oxygen atoms in total. The van der Waals surface area contributed by atoms with E-state index in [1.54, 1.807) is 0 Å². The molecule has 0 bridgehead atoms. The second-order valence-electron chi connectivity index (χ2n) is 19.4. The summed E-state index contributed by atoms with van der Waals surface area (Å²) in [7, 11) is -3.27. The van der Waals surface area contributed by atoms with Gasteiger partial charge in [-0.05, 0) is 121 Å². The Balaban J connectivity index is 0.00000217. The summed E-state index contributed by atoms with van der Waals surface area (Å²) in [5.41, 5.74) is 17.5. The number of halogens is 3. The molecule has 366 valence electrons. The van der Waals surface area contributed by atoms with Crippen molar-refractivity contribution >= 4 is 60.9 Å². The van der Waals surface area contributed by atoms with Crippen molar-refractivity contribution in [2.75, 3.05) is 0 Å². The predicted octanol–water partition coefficient (Wildman–Crippen LogP) is 15.2. The van der Waals surface area contributed by atoms with Gasteiger partial charge in [-0.1, -0.05) is 256 Å². The second kappa shape index (κ2) is 27.0. The molecule has 0 fully saturated rings. The minimum absolute atomic E-state index is 0. The fraction of sp³-hybridized carbons (Fsp3) is 0.147. The van der Waals surface area contributed by atoms with Crippen LogP contribution in [-0.2, 0) is 60.2 Å². The van der Waals surface area contributed by atoms with Gasteiger partial charge in [0.1, 0.15) is 8.07 Å². The van der Waals surface area contributed by atoms with Crippen LogP contribution in [0.3, 0.4) is 0 Å². The first-order valence-corrected chi connectivity index (χ1v) is 26.9. The number of rotatable bonds is 17. The summed E-state index contributed by atoms with van der Waals surface area (Å²) in [6.07, 6.45) is 12.7. The molecule has 0 saturated heterocycles. The molecule has 0 radical (unpaired) electrons. The smallest absolute Gasteiger partial charge is 0.144 e. The summed E-state index contributed by atoms with van der Waals surface area (Å²) in [5, 5.41) is 5.72. The topological polar surface area (TPSA) is 0 Å². The molecular weight excluding hydrogens is 999 g/mol. The van der Waals surface area contributed by atoms with Crippen LogP contribution in [0.2, 0.25) is 0 Å². The normalized spacial score (nSPS) is 11.8. The summed E-state index contributed by atoms with van der Waals surface area (Å²) in [5.74, 6) is 0.325. The summed E-state index contributed by atoms with van der Waals surface area (Å²) in [4.78, 5) is 0. The van der Waals surface area contributed by atoms with Crippen LogP contribution in [0.25, 0.3) is 0 Å². The Labute approximate surface area is 469 Å². The molecule has 73 heavy (non-hydrogen) atoms. The summed E-state index contributed by atoms with van der Waals surface area (Å²) < 4.78 is 0. The van der Waals surface area contributed by atoms with Crippen molar-refractivity contribution < 1.29 is 21.7 Å². The Kier molecular flexibility index (Phi) is 20.9. The molecule has 0 atom stereocenters. The Hall–Kier alpha value is -5.74. The Morgan fingerprint density at radius 1 is 0.329 bits per heavy atom. The maximum absolute atomic E-state index is 4.23. The maximum atomic E-state index is 4.23. The van der Waals surface area contributed by atoms with Crippen LogP contribution in [0, 0.1) is 12.0 Å². The average Bonchev–Trinajstić information content (AvgIpc) is 3.87. The van der Waals surface area contributed by atoms with Crippen molar-refractivity contribution in [2.24, 2.45) is 5.92 Å². The molecule has 0 amide bonds. The summed E-state index contributed by atoms with van der Waals surface area (Å²) in [6, 6.07) is 89.6. The van der Waals surface area contributed by atoms with Crippen molar-refractivity contribution in [3.63, 3.8) is 0 Å². The number of hydrogen-bond acceptors (Lipinski definition) is 0. The van der Waals surface area contributed by atoms with Crippen LogP contribution in [0.4, 0.5) is 0 Å². The Morgan fingerprint density at radius 2 is 0.548 bits per heavy atom. The maximum Gasteiger partial charge on any atom is 0.144 e. The molecule has 0 saturated carbocycles. The number of allylic oxidation sites excluding steroid dienone is 4. The van der Waals surface area contributed by atoms with E-state index in [-0.39, 0.29) is 58.9 Å². The molecule has 0 spiro atoms. The number of benzene rings is 9. The zero-order valence-electron chi connectivity index (χ0n) is 41.8. The molecule has 0 aromatic heterocycles. The van der Waals surface area contributed by atoms with Crippen molar-refractivity contribution in [2.45, 2.75) is 58.8 Å². The Bertz CT molecular complexity index is 2700. The molecule has 10 rings (SSSR count). The van der Waals surface area contributed by atoms with E-state index < -0.39 is 8.07 Å². The van der Waals surface area contributed by atoms with Gasteiger partial charge in [-0.15, -0.1) is 43.6 Å². The minimum Gasteiger partial charge on any atom is -0.272 e. The van der Waals surface area contributed by atoms with Crippen molar-refractivity contribution in [1.29, 1.82) is 0 Å². The van der Waals surface area contributed by atoms with Crippen molar-refractivity contribution in [3.05, 3.63) is 326 Å². The van der Waals surface area contributed by atoms with Crippen LogP contribution in [-0.4, -0.2) is 8.07 Å². The molecule has 5 heteroatoms. The molecule has 0 N–H and O–H groups in total. The van der Waals surface area contributed by atoms with Crippen LogP contribution in [0.15, 0.2) is 253 Å². The third kappa shape index (κ3) is 13.9. The fourth-order valence-electron chi connectivity index (χ4n) is 10.8. The van der Waals surface area contributed by atoms with Crippen molar-refractivity contribution in [1.82, 2.24) is 0 Å². The van der Waals surface area contributed by atoms with E-state index in [2.05, 4.69) is 263 Å². The van der Waals surface area contributed by atoms with E-state index in [9.17, 15) is 0 Å². The van der Waals surface area contributed by atoms with Gasteiger partial charge in [0.15, 0.2) is 0 Å². The molecule has 9 aromatic rings. The van der Waals surface area contributed by atoms with Gasteiger partial charge in [0, 0.05) is 21.7 Å². The predicted molar refractivity (Wildman–Crippen MR) is 316 cm³/mol. The van der Waals surface area contributed by atoms with Gasteiger partial charge in [0.2, 0.25) is 0 Å². The largest absolute Gasteiger partial charge is 0.272 e. The van der Waals surface area contributed by atoms with Gasteiger partial charge in [0.05, 0.1) is 0 Å². The zero-order chi connectivity index (χ0) is 46.8. The van der Waals surface area contributed by atoms with E-state index >= 15 is 0 Å². The molecule has 1 aliphatic carbocycles. The van der Waals surface area contributed by atoms with Gasteiger partial charge in [-0.25, -0.2) is 5.20 Å². The van der Waals surface area contributed by atoms with Gasteiger partial charge >= 0.3 is 0 Å². The average molecular weight is 1060 g/mol. The van der Waals surface area contributed by atoms with Crippen LogP contribution < -0.4 is 15.6 Å². The minimum atomic E-state index is -3.27. The quantitative estimate of drug-likeness (QED) is 0.0484. The summed E-state index contributed by atoms with van der Waals surface area (Å²) >= 11 is 0. The first-order chi connectivity index (χ1) is 33.9. The second-order valence-corrected chi connectivity index (χ2v) is 23.1. The van der Waals surface area contributed by atoms with Gasteiger partial charge in [0.25, 0.3) is 0 Å². The van der Waals surface area contributed by atoms with Gasteiger partial charge in [-0.2, -0.15) is 11.6 Å². The first kappa shape index (κ1) is 56.6. The molecule has 0 heterocycles. The molecule has 0 aliphatic heterocycles. The van der Waals surface area contributed by atoms with Crippen LogP contribution >= 0.6 is 37.2 Å². The third-order valence-corrected chi connectivity index (χ3v) is 18.5. The summed E-state index contributed by atoms with van der Waals surface area (Å²) in [6.45, 7) is 4.79. The van der Waals surface area contributed by atoms with E-state index in [0.29, 0.717) is 5.92 Å².